The van der Waals surface area contributed by atoms with Crippen molar-refractivity contribution in [3.8, 4) is 0 Å². The van der Waals surface area contributed by atoms with Crippen molar-refractivity contribution in [2.45, 2.75) is 6.42 Å². The molecule has 1 N–H and O–H groups in total. The van der Waals surface area contributed by atoms with E-state index >= 15 is 0 Å². The third-order valence-electron chi connectivity index (χ3n) is 3.14. The summed E-state index contributed by atoms with van der Waals surface area (Å²) >= 11 is 11.9. The molecule has 0 saturated carbocycles. The van der Waals surface area contributed by atoms with Gasteiger partial charge in [-0.25, -0.2) is 8.42 Å². The lowest BCUT2D eigenvalue weighted by Gasteiger charge is -2.22. The number of benzene rings is 2. The van der Waals surface area contributed by atoms with Crippen molar-refractivity contribution >= 4 is 50.5 Å². The molecule has 2 aromatic rings. The van der Waals surface area contributed by atoms with Gasteiger partial charge in [0.2, 0.25) is 15.9 Å². The average Bonchev–Trinajstić information content (AvgIpc) is 2.46. The van der Waals surface area contributed by atoms with E-state index < -0.39 is 10.0 Å². The number of hydrogen-bond acceptors (Lipinski definition) is 3. The van der Waals surface area contributed by atoms with Gasteiger partial charge in [0, 0.05) is 28.7 Å². The third kappa shape index (κ3) is 5.40. The monoisotopic (exact) mass is 386 g/mol. The van der Waals surface area contributed by atoms with Gasteiger partial charge >= 0.3 is 0 Å². The van der Waals surface area contributed by atoms with Gasteiger partial charge in [-0.05, 0) is 30.3 Å². The summed E-state index contributed by atoms with van der Waals surface area (Å²) in [6, 6.07) is 13.4. The summed E-state index contributed by atoms with van der Waals surface area (Å²) < 4.78 is 25.2. The summed E-state index contributed by atoms with van der Waals surface area (Å²) in [5, 5.41) is 3.35. The quantitative estimate of drug-likeness (QED) is 0.820. The number of amides is 1. The Hall–Kier alpha value is -1.76. The molecule has 0 fully saturated rings. The Bertz CT molecular complexity index is 806. The van der Waals surface area contributed by atoms with Crippen molar-refractivity contribution in [2.75, 3.05) is 22.4 Å². The zero-order valence-corrected chi connectivity index (χ0v) is 15.2. The lowest BCUT2D eigenvalue weighted by atomic mass is 10.3. The van der Waals surface area contributed by atoms with Crippen LogP contribution in [0, 0.1) is 0 Å². The minimum Gasteiger partial charge on any atom is -0.326 e. The normalized spacial score (nSPS) is 11.1. The Kier molecular flexibility index (Phi) is 6.10. The summed E-state index contributed by atoms with van der Waals surface area (Å²) in [7, 11) is -3.58. The molecule has 2 aromatic carbocycles. The standard InChI is InChI=1S/C16H16Cl2N2O3S/c1-24(22,23)20(15-10-12(17)9-13(18)11-15)8-7-16(21)19-14-5-3-2-4-6-14/h2-6,9-11H,7-8H2,1H3,(H,19,21). The molecular weight excluding hydrogens is 371 g/mol. The predicted molar refractivity (Wildman–Crippen MR) is 98.3 cm³/mol. The van der Waals surface area contributed by atoms with Crippen LogP contribution >= 0.6 is 23.2 Å². The largest absolute Gasteiger partial charge is 0.326 e. The number of carbonyl (C=O) groups is 1. The molecule has 0 aliphatic rings. The summed E-state index contributed by atoms with van der Waals surface area (Å²) in [4.78, 5) is 12.0. The van der Waals surface area contributed by atoms with Crippen LogP contribution in [0.1, 0.15) is 6.42 Å². The molecule has 1 amide bonds. The number of sulfonamides is 1. The van der Waals surface area contributed by atoms with E-state index in [2.05, 4.69) is 5.32 Å². The Morgan fingerprint density at radius 3 is 2.21 bits per heavy atom. The van der Waals surface area contributed by atoms with Crippen LogP contribution in [0.3, 0.4) is 0 Å². The molecule has 128 valence electrons. The highest BCUT2D eigenvalue weighted by Gasteiger charge is 2.19. The van der Waals surface area contributed by atoms with E-state index in [-0.39, 0.29) is 18.9 Å². The summed E-state index contributed by atoms with van der Waals surface area (Å²) in [5.74, 6) is -0.289. The SMILES string of the molecule is CS(=O)(=O)N(CCC(=O)Nc1ccccc1)c1cc(Cl)cc(Cl)c1. The van der Waals surface area contributed by atoms with Gasteiger partial charge in [-0.1, -0.05) is 41.4 Å². The molecule has 0 unspecified atom stereocenters. The third-order valence-corrected chi connectivity index (χ3v) is 4.77. The summed E-state index contributed by atoms with van der Waals surface area (Å²) in [6.45, 7) is -0.0197. The average molecular weight is 387 g/mol. The van der Waals surface area contributed by atoms with Crippen LogP contribution in [0.25, 0.3) is 0 Å². The lowest BCUT2D eigenvalue weighted by molar-refractivity contribution is -0.116. The van der Waals surface area contributed by atoms with Gasteiger partial charge in [-0.2, -0.15) is 0 Å². The number of halogens is 2. The zero-order valence-electron chi connectivity index (χ0n) is 12.9. The Balaban J connectivity index is 2.11. The number of anilines is 2. The number of nitrogens with one attached hydrogen (secondary N) is 1. The van der Waals surface area contributed by atoms with Crippen molar-refractivity contribution in [3.05, 3.63) is 58.6 Å². The van der Waals surface area contributed by atoms with E-state index in [4.69, 9.17) is 23.2 Å². The van der Waals surface area contributed by atoms with Crippen LogP contribution < -0.4 is 9.62 Å². The smallest absolute Gasteiger partial charge is 0.232 e. The highest BCUT2D eigenvalue weighted by atomic mass is 35.5. The van der Waals surface area contributed by atoms with Gasteiger partial charge < -0.3 is 5.32 Å². The number of carbonyl (C=O) groups excluding carboxylic acids is 1. The first-order chi connectivity index (χ1) is 11.3. The molecule has 0 aliphatic carbocycles. The van der Waals surface area contributed by atoms with Crippen LogP contribution in [-0.4, -0.2) is 27.1 Å². The first-order valence-corrected chi connectivity index (χ1v) is 9.65. The molecule has 0 heterocycles. The fourth-order valence-electron chi connectivity index (χ4n) is 2.12. The van der Waals surface area contributed by atoms with Crippen LogP contribution in [-0.2, 0) is 14.8 Å². The maximum Gasteiger partial charge on any atom is 0.232 e. The molecule has 0 saturated heterocycles. The topological polar surface area (TPSA) is 66.5 Å². The van der Waals surface area contributed by atoms with E-state index in [0.717, 1.165) is 10.6 Å². The molecule has 0 aromatic heterocycles. The fraction of sp³-hybridized carbons (Fsp3) is 0.188. The van der Waals surface area contributed by atoms with Crippen molar-refractivity contribution in [1.29, 1.82) is 0 Å². The minimum absolute atomic E-state index is 0.00784. The Labute approximate surface area is 151 Å². The van der Waals surface area contributed by atoms with Gasteiger partial charge in [0.15, 0.2) is 0 Å². The molecule has 5 nitrogen and oxygen atoms in total. The second-order valence-electron chi connectivity index (χ2n) is 5.13. The van der Waals surface area contributed by atoms with E-state index in [1.54, 1.807) is 24.3 Å². The minimum atomic E-state index is -3.58. The van der Waals surface area contributed by atoms with Gasteiger partial charge in [-0.15, -0.1) is 0 Å². The van der Waals surface area contributed by atoms with E-state index in [1.807, 2.05) is 6.07 Å². The molecule has 0 aliphatic heterocycles. The number of rotatable bonds is 6. The van der Waals surface area contributed by atoms with Gasteiger partial charge in [0.05, 0.1) is 11.9 Å². The van der Waals surface area contributed by atoms with Crippen molar-refractivity contribution in [2.24, 2.45) is 0 Å². The summed E-state index contributed by atoms with van der Waals surface area (Å²) in [6.07, 6.45) is 1.06. The van der Waals surface area contributed by atoms with Crippen LogP contribution in [0.2, 0.25) is 10.0 Å². The van der Waals surface area contributed by atoms with Gasteiger partial charge in [-0.3, -0.25) is 9.10 Å². The van der Waals surface area contributed by atoms with Crippen LogP contribution in [0.4, 0.5) is 11.4 Å². The lowest BCUT2D eigenvalue weighted by Crippen LogP contribution is -2.33. The van der Waals surface area contributed by atoms with Crippen molar-refractivity contribution in [3.63, 3.8) is 0 Å². The highest BCUT2D eigenvalue weighted by Crippen LogP contribution is 2.27. The molecule has 8 heteroatoms. The molecule has 24 heavy (non-hydrogen) atoms. The van der Waals surface area contributed by atoms with Gasteiger partial charge in [0.1, 0.15) is 0 Å². The first-order valence-electron chi connectivity index (χ1n) is 7.04. The van der Waals surface area contributed by atoms with E-state index in [0.29, 0.717) is 21.4 Å². The molecule has 0 radical (unpaired) electrons. The first kappa shape index (κ1) is 18.6. The second kappa shape index (κ2) is 7.88. The Morgan fingerprint density at radius 1 is 1.08 bits per heavy atom. The fourth-order valence-corrected chi connectivity index (χ4v) is 3.54. The predicted octanol–water partition coefficient (Wildman–Crippen LogP) is 3.79. The van der Waals surface area contributed by atoms with Crippen LogP contribution in [0.15, 0.2) is 48.5 Å². The maximum absolute atomic E-state index is 12.0. The Morgan fingerprint density at radius 2 is 1.67 bits per heavy atom. The van der Waals surface area contributed by atoms with Crippen LogP contribution in [0.5, 0.6) is 0 Å². The molecule has 0 atom stereocenters. The molecule has 0 spiro atoms. The van der Waals surface area contributed by atoms with Crippen molar-refractivity contribution < 1.29 is 13.2 Å². The maximum atomic E-state index is 12.0. The second-order valence-corrected chi connectivity index (χ2v) is 7.91. The number of nitrogens with zero attached hydrogens (tertiary/aromatic N) is 1. The zero-order chi connectivity index (χ0) is 17.7. The van der Waals surface area contributed by atoms with E-state index in [1.165, 1.54) is 18.2 Å². The highest BCUT2D eigenvalue weighted by molar-refractivity contribution is 7.92. The van der Waals surface area contributed by atoms with Gasteiger partial charge in [0.25, 0.3) is 0 Å². The summed E-state index contributed by atoms with van der Waals surface area (Å²) in [5.41, 5.74) is 0.974. The number of hydrogen-bond donors (Lipinski definition) is 1. The molecule has 2 rings (SSSR count). The number of para-hydroxylation sites is 1. The molecular formula is C16H16Cl2N2O3S. The van der Waals surface area contributed by atoms with Crippen molar-refractivity contribution in [1.82, 2.24) is 0 Å². The molecule has 0 bridgehead atoms. The van der Waals surface area contributed by atoms with E-state index in [9.17, 15) is 13.2 Å².